The molecule has 1 aromatic heterocycles. The van der Waals surface area contributed by atoms with E-state index in [1.165, 1.54) is 11.1 Å². The highest BCUT2D eigenvalue weighted by Gasteiger charge is 2.26. The van der Waals surface area contributed by atoms with Gasteiger partial charge in [0.1, 0.15) is 11.3 Å². The van der Waals surface area contributed by atoms with E-state index in [4.69, 9.17) is 9.72 Å². The molecule has 0 radical (unpaired) electrons. The molecule has 34 heavy (non-hydrogen) atoms. The van der Waals surface area contributed by atoms with E-state index in [1.54, 1.807) is 6.07 Å². The van der Waals surface area contributed by atoms with E-state index < -0.39 is 6.10 Å². The highest BCUT2D eigenvalue weighted by molar-refractivity contribution is 6.05. The van der Waals surface area contributed by atoms with E-state index in [-0.39, 0.29) is 43.3 Å². The van der Waals surface area contributed by atoms with Gasteiger partial charge >= 0.3 is 0 Å². The molecule has 1 fully saturated rings. The largest absolute Gasteiger partial charge is 0.390 e. The van der Waals surface area contributed by atoms with E-state index >= 15 is 0 Å². The monoisotopic (exact) mass is 506 g/mol. The Labute approximate surface area is 212 Å². The third kappa shape index (κ3) is 5.24. The van der Waals surface area contributed by atoms with Crippen LogP contribution in [0.3, 0.4) is 0 Å². The molecule has 1 amide bonds. The second-order valence-corrected chi connectivity index (χ2v) is 8.78. The number of para-hydroxylation sites is 1. The molecular formula is C25H32Cl2N4O3. The Bertz CT molecular complexity index is 1130. The molecule has 3 heterocycles. The number of aryl methyl sites for hydroxylation is 1. The van der Waals surface area contributed by atoms with Gasteiger partial charge in [0.2, 0.25) is 0 Å². The zero-order valence-corrected chi connectivity index (χ0v) is 20.8. The van der Waals surface area contributed by atoms with Crippen molar-refractivity contribution in [1.29, 1.82) is 0 Å². The molecule has 0 saturated carbocycles. The molecule has 0 aliphatic carbocycles. The Morgan fingerprint density at radius 1 is 1.18 bits per heavy atom. The van der Waals surface area contributed by atoms with Crippen LogP contribution in [0.4, 0.5) is 0 Å². The van der Waals surface area contributed by atoms with Crippen LogP contribution in [0.2, 0.25) is 0 Å². The second kappa shape index (κ2) is 11.5. The van der Waals surface area contributed by atoms with Crippen LogP contribution in [0.5, 0.6) is 0 Å². The molecule has 1 saturated heterocycles. The predicted molar refractivity (Wildman–Crippen MR) is 137 cm³/mol. The van der Waals surface area contributed by atoms with Crippen LogP contribution < -0.4 is 10.6 Å². The lowest BCUT2D eigenvalue weighted by atomic mass is 9.93. The van der Waals surface area contributed by atoms with Crippen molar-refractivity contribution < 1.29 is 14.6 Å². The number of nitrogens with zero attached hydrogens (tertiary/aromatic N) is 2. The first-order chi connectivity index (χ1) is 15.6. The number of carbonyl (C=O) groups is 1. The van der Waals surface area contributed by atoms with Gasteiger partial charge in [0.05, 0.1) is 17.2 Å². The number of hydrogen-bond acceptors (Lipinski definition) is 5. The normalized spacial score (nSPS) is 18.9. The van der Waals surface area contributed by atoms with Crippen molar-refractivity contribution >= 4 is 41.8 Å². The van der Waals surface area contributed by atoms with E-state index in [0.717, 1.165) is 50.4 Å². The number of imidazole rings is 1. The smallest absolute Gasteiger partial charge is 0.253 e. The number of aromatic nitrogens is 2. The summed E-state index contributed by atoms with van der Waals surface area (Å²) in [5.74, 6) is 0.708. The number of amides is 1. The first-order valence-electron chi connectivity index (χ1n) is 11.4. The topological polar surface area (TPSA) is 88.4 Å². The quantitative estimate of drug-likeness (QED) is 0.493. The van der Waals surface area contributed by atoms with Gasteiger partial charge in [-0.3, -0.25) is 4.79 Å². The lowest BCUT2D eigenvalue weighted by molar-refractivity contribution is 0.0701. The summed E-state index contributed by atoms with van der Waals surface area (Å²) in [6.45, 7) is 4.42. The lowest BCUT2D eigenvalue weighted by Crippen LogP contribution is -2.49. The number of halogens is 2. The van der Waals surface area contributed by atoms with Gasteiger partial charge in [-0.25, -0.2) is 4.98 Å². The number of rotatable bonds is 5. The zero-order chi connectivity index (χ0) is 22.1. The third-order valence-electron chi connectivity index (χ3n) is 6.75. The molecule has 9 heteroatoms. The molecular weight excluding hydrogens is 475 g/mol. The molecule has 2 atom stereocenters. The zero-order valence-electron chi connectivity index (χ0n) is 19.2. The van der Waals surface area contributed by atoms with Crippen LogP contribution in [-0.2, 0) is 17.7 Å². The molecule has 184 valence electrons. The van der Waals surface area contributed by atoms with E-state index in [1.807, 2.05) is 31.2 Å². The standard InChI is InChI=1S/C25H30N4O3.2ClH/c1-16-28-24-20(7-4-8-22(24)29(16)19-9-11-32-12-10-19)25(31)27-15-23(30)21-13-17-5-2-3-6-18(17)14-26-21;;/h2-8,19,21,23,26,30H,9-15H2,1H3,(H,27,31);2*1H. The van der Waals surface area contributed by atoms with Gasteiger partial charge in [-0.1, -0.05) is 30.3 Å². The fraction of sp³-hybridized carbons (Fsp3) is 0.440. The molecule has 2 aliphatic heterocycles. The Morgan fingerprint density at radius 2 is 1.91 bits per heavy atom. The van der Waals surface area contributed by atoms with Crippen LogP contribution in [-0.4, -0.2) is 52.5 Å². The minimum atomic E-state index is -0.673. The predicted octanol–water partition coefficient (Wildman–Crippen LogP) is 3.35. The van der Waals surface area contributed by atoms with Gasteiger partial charge < -0.3 is 25.0 Å². The summed E-state index contributed by atoms with van der Waals surface area (Å²) >= 11 is 0. The van der Waals surface area contributed by atoms with Crippen molar-refractivity contribution in [2.24, 2.45) is 0 Å². The van der Waals surface area contributed by atoms with Gasteiger partial charge in [0.25, 0.3) is 5.91 Å². The number of fused-ring (bicyclic) bond motifs is 2. The van der Waals surface area contributed by atoms with Crippen molar-refractivity contribution in [2.45, 2.75) is 50.9 Å². The molecule has 3 N–H and O–H groups in total. The van der Waals surface area contributed by atoms with Gasteiger partial charge in [-0.05, 0) is 49.4 Å². The molecule has 2 aromatic carbocycles. The summed E-state index contributed by atoms with van der Waals surface area (Å²) in [6.07, 6.45) is 1.98. The van der Waals surface area contributed by atoms with Gasteiger partial charge in [-0.2, -0.15) is 0 Å². The second-order valence-electron chi connectivity index (χ2n) is 8.78. The minimum absolute atomic E-state index is 0. The summed E-state index contributed by atoms with van der Waals surface area (Å²) in [7, 11) is 0. The van der Waals surface area contributed by atoms with Crippen LogP contribution >= 0.6 is 24.8 Å². The van der Waals surface area contributed by atoms with Crippen molar-refractivity contribution in [2.75, 3.05) is 19.8 Å². The molecule has 3 aromatic rings. The summed E-state index contributed by atoms with van der Waals surface area (Å²) in [4.78, 5) is 17.8. The van der Waals surface area contributed by atoms with E-state index in [0.29, 0.717) is 17.1 Å². The number of benzene rings is 2. The Hall–Kier alpha value is -2.16. The van der Waals surface area contributed by atoms with Crippen LogP contribution in [0.25, 0.3) is 11.0 Å². The molecule has 0 bridgehead atoms. The molecule has 2 aliphatic rings. The van der Waals surface area contributed by atoms with E-state index in [2.05, 4.69) is 27.3 Å². The third-order valence-corrected chi connectivity index (χ3v) is 6.75. The van der Waals surface area contributed by atoms with Crippen LogP contribution in [0, 0.1) is 6.92 Å². The number of hydrogen-bond donors (Lipinski definition) is 3. The van der Waals surface area contributed by atoms with Crippen LogP contribution in [0.15, 0.2) is 42.5 Å². The first kappa shape index (κ1) is 26.4. The maximum Gasteiger partial charge on any atom is 0.253 e. The number of aliphatic hydroxyl groups is 1. The molecule has 7 nitrogen and oxygen atoms in total. The van der Waals surface area contributed by atoms with E-state index in [9.17, 15) is 9.90 Å². The SMILES string of the molecule is Cc1nc2c(C(=O)NCC(O)C3Cc4ccccc4CN3)cccc2n1C1CCOCC1.Cl.Cl. The minimum Gasteiger partial charge on any atom is -0.390 e. The average molecular weight is 507 g/mol. The van der Waals surface area contributed by atoms with Crippen molar-refractivity contribution in [3.63, 3.8) is 0 Å². The van der Waals surface area contributed by atoms with Gasteiger partial charge in [0, 0.05) is 38.4 Å². The summed E-state index contributed by atoms with van der Waals surface area (Å²) in [6, 6.07) is 14.3. The average Bonchev–Trinajstić information content (AvgIpc) is 3.18. The summed E-state index contributed by atoms with van der Waals surface area (Å²) in [5, 5.41) is 17.0. The highest BCUT2D eigenvalue weighted by atomic mass is 35.5. The highest BCUT2D eigenvalue weighted by Crippen LogP contribution is 2.29. The fourth-order valence-corrected chi connectivity index (χ4v) is 5.01. The van der Waals surface area contributed by atoms with Gasteiger partial charge in [-0.15, -0.1) is 24.8 Å². The van der Waals surface area contributed by atoms with Crippen LogP contribution in [0.1, 0.15) is 46.2 Å². The number of carbonyl (C=O) groups excluding carboxylic acids is 1. The maximum absolute atomic E-state index is 13.0. The number of aliphatic hydroxyl groups excluding tert-OH is 1. The Kier molecular flexibility index (Phi) is 8.95. The Balaban J connectivity index is 0.00000162. The van der Waals surface area contributed by atoms with Crippen molar-refractivity contribution in [3.05, 3.63) is 65.0 Å². The fourth-order valence-electron chi connectivity index (χ4n) is 5.01. The molecule has 5 rings (SSSR count). The van der Waals surface area contributed by atoms with Gasteiger partial charge in [0.15, 0.2) is 0 Å². The first-order valence-corrected chi connectivity index (χ1v) is 11.4. The Morgan fingerprint density at radius 3 is 2.68 bits per heavy atom. The number of ether oxygens (including phenoxy) is 1. The van der Waals surface area contributed by atoms with Crippen molar-refractivity contribution in [3.8, 4) is 0 Å². The molecule has 0 spiro atoms. The molecule has 2 unspecified atom stereocenters. The van der Waals surface area contributed by atoms with Crippen molar-refractivity contribution in [1.82, 2.24) is 20.2 Å². The lowest BCUT2D eigenvalue weighted by Gasteiger charge is -2.30. The maximum atomic E-state index is 13.0. The summed E-state index contributed by atoms with van der Waals surface area (Å²) in [5.41, 5.74) is 4.76. The number of nitrogens with one attached hydrogen (secondary N) is 2. The summed E-state index contributed by atoms with van der Waals surface area (Å²) < 4.78 is 7.75.